The summed E-state index contributed by atoms with van der Waals surface area (Å²) in [6.07, 6.45) is 2.53. The SMILES string of the molecule is Cc1ccccc1C(=O)C1(SCc2ccccc2)OC=C(Cc2ccccc2)S1. The van der Waals surface area contributed by atoms with Crippen LogP contribution in [0.25, 0.3) is 0 Å². The van der Waals surface area contributed by atoms with Crippen LogP contribution in [0, 0.1) is 6.92 Å². The maximum atomic E-state index is 13.6. The minimum atomic E-state index is -0.994. The number of aryl methyl sites for hydroxylation is 1. The van der Waals surface area contributed by atoms with Crippen LogP contribution in [0.5, 0.6) is 0 Å². The monoisotopic (exact) mass is 418 g/mol. The van der Waals surface area contributed by atoms with Gasteiger partial charge in [-0.05, 0) is 23.6 Å². The Morgan fingerprint density at radius 2 is 1.52 bits per heavy atom. The molecule has 146 valence electrons. The molecule has 1 unspecified atom stereocenters. The normalized spacial score (nSPS) is 18.2. The lowest BCUT2D eigenvalue weighted by atomic mass is 10.1. The van der Waals surface area contributed by atoms with E-state index in [2.05, 4.69) is 24.3 Å². The van der Waals surface area contributed by atoms with E-state index in [-0.39, 0.29) is 5.78 Å². The van der Waals surface area contributed by atoms with Gasteiger partial charge in [0.05, 0.1) is 6.26 Å². The molecule has 0 amide bonds. The van der Waals surface area contributed by atoms with Crippen molar-refractivity contribution in [3.8, 4) is 0 Å². The molecule has 1 heterocycles. The molecule has 3 aromatic carbocycles. The van der Waals surface area contributed by atoms with E-state index in [0.29, 0.717) is 5.75 Å². The number of benzene rings is 3. The smallest absolute Gasteiger partial charge is 0.268 e. The lowest BCUT2D eigenvalue weighted by molar-refractivity contribution is 0.0808. The van der Waals surface area contributed by atoms with Crippen LogP contribution >= 0.6 is 23.5 Å². The molecule has 0 N–H and O–H groups in total. The summed E-state index contributed by atoms with van der Waals surface area (Å²) < 4.78 is 5.14. The number of ether oxygens (including phenoxy) is 1. The van der Waals surface area contributed by atoms with Gasteiger partial charge in [-0.25, -0.2) is 0 Å². The zero-order valence-corrected chi connectivity index (χ0v) is 17.8. The molecule has 0 aromatic heterocycles. The Balaban J connectivity index is 1.58. The van der Waals surface area contributed by atoms with Crippen molar-refractivity contribution in [2.24, 2.45) is 0 Å². The summed E-state index contributed by atoms with van der Waals surface area (Å²) in [5.74, 6) is 0.721. The Labute approximate surface area is 180 Å². The first kappa shape index (κ1) is 19.9. The second-order valence-electron chi connectivity index (χ2n) is 6.94. The first-order valence-electron chi connectivity index (χ1n) is 9.54. The van der Waals surface area contributed by atoms with Crippen LogP contribution in [0.4, 0.5) is 0 Å². The molecule has 0 fully saturated rings. The van der Waals surface area contributed by atoms with Crippen LogP contribution in [-0.2, 0) is 16.9 Å². The number of rotatable bonds is 7. The second-order valence-corrected chi connectivity index (χ2v) is 9.66. The van der Waals surface area contributed by atoms with Gasteiger partial charge in [-0.3, -0.25) is 4.79 Å². The maximum Gasteiger partial charge on any atom is 0.268 e. The molecule has 0 saturated heterocycles. The fraction of sp³-hybridized carbons (Fsp3) is 0.160. The van der Waals surface area contributed by atoms with E-state index in [9.17, 15) is 4.79 Å². The maximum absolute atomic E-state index is 13.6. The van der Waals surface area contributed by atoms with Crippen LogP contribution in [0.15, 0.2) is 96.1 Å². The molecule has 3 aromatic rings. The average molecular weight is 419 g/mol. The van der Waals surface area contributed by atoms with Crippen molar-refractivity contribution in [2.75, 3.05) is 0 Å². The summed E-state index contributed by atoms with van der Waals surface area (Å²) in [6, 6.07) is 28.2. The molecule has 1 aliphatic rings. The molecule has 0 aliphatic carbocycles. The van der Waals surface area contributed by atoms with E-state index < -0.39 is 4.27 Å². The summed E-state index contributed by atoms with van der Waals surface area (Å²) in [4.78, 5) is 14.7. The zero-order valence-electron chi connectivity index (χ0n) is 16.2. The molecule has 0 spiro atoms. The van der Waals surface area contributed by atoms with Gasteiger partial charge in [0.1, 0.15) is 0 Å². The predicted molar refractivity (Wildman–Crippen MR) is 123 cm³/mol. The summed E-state index contributed by atoms with van der Waals surface area (Å²) >= 11 is 3.09. The third-order valence-corrected chi connectivity index (χ3v) is 7.57. The first-order valence-corrected chi connectivity index (χ1v) is 11.3. The van der Waals surface area contributed by atoms with Crippen LogP contribution in [0.2, 0.25) is 0 Å². The van der Waals surface area contributed by atoms with Gasteiger partial charge < -0.3 is 4.74 Å². The van der Waals surface area contributed by atoms with E-state index in [1.807, 2.05) is 67.6 Å². The number of Topliss-reactive ketones (excluding diaryl/α,β-unsaturated/α-hetero) is 1. The van der Waals surface area contributed by atoms with E-state index in [0.717, 1.165) is 22.5 Å². The highest BCUT2D eigenvalue weighted by molar-refractivity contribution is 8.20. The molecule has 0 radical (unpaired) electrons. The molecule has 4 heteroatoms. The van der Waals surface area contributed by atoms with E-state index in [1.54, 1.807) is 18.0 Å². The Morgan fingerprint density at radius 3 is 2.21 bits per heavy atom. The van der Waals surface area contributed by atoms with Crippen molar-refractivity contribution in [1.82, 2.24) is 0 Å². The zero-order chi connectivity index (χ0) is 20.1. The average Bonchev–Trinajstić information content (AvgIpc) is 3.18. The van der Waals surface area contributed by atoms with Crippen molar-refractivity contribution < 1.29 is 9.53 Å². The van der Waals surface area contributed by atoms with Gasteiger partial charge in [-0.15, -0.1) is 0 Å². The van der Waals surface area contributed by atoms with Crippen LogP contribution in [-0.4, -0.2) is 10.0 Å². The number of ketones is 1. The quantitative estimate of drug-likeness (QED) is 0.403. The standard InChI is InChI=1S/C25H22O2S2/c1-19-10-8-9-15-23(19)24(26)25(28-18-21-13-6-3-7-14-21)27-17-22(29-25)16-20-11-4-2-5-12-20/h2-15,17H,16,18H2,1H3. The second kappa shape index (κ2) is 8.93. The molecule has 2 nitrogen and oxygen atoms in total. The molecule has 4 rings (SSSR count). The fourth-order valence-electron chi connectivity index (χ4n) is 3.21. The van der Waals surface area contributed by atoms with E-state index in [4.69, 9.17) is 4.74 Å². The largest absolute Gasteiger partial charge is 0.466 e. The van der Waals surface area contributed by atoms with Gasteiger partial charge in [-0.1, -0.05) is 108 Å². The highest BCUT2D eigenvalue weighted by Crippen LogP contribution is 2.51. The number of thioether (sulfide) groups is 2. The molecular weight excluding hydrogens is 396 g/mol. The molecular formula is C25H22O2S2. The van der Waals surface area contributed by atoms with Crippen LogP contribution < -0.4 is 0 Å². The van der Waals surface area contributed by atoms with Gasteiger partial charge in [0.2, 0.25) is 5.78 Å². The van der Waals surface area contributed by atoms with Crippen molar-refractivity contribution in [1.29, 1.82) is 0 Å². The number of allylic oxidation sites excluding steroid dienone is 1. The Kier molecular flexibility index (Phi) is 6.12. The van der Waals surface area contributed by atoms with Crippen molar-refractivity contribution in [2.45, 2.75) is 23.4 Å². The molecule has 0 saturated carbocycles. The molecule has 1 atom stereocenters. The summed E-state index contributed by atoms with van der Waals surface area (Å²) in [7, 11) is 0. The number of carbonyl (C=O) groups is 1. The summed E-state index contributed by atoms with van der Waals surface area (Å²) in [5, 5.41) is 0. The number of carbonyl (C=O) groups excluding carboxylic acids is 1. The third-order valence-electron chi connectivity index (χ3n) is 4.77. The Hall–Kier alpha value is -2.43. The Bertz CT molecular complexity index is 1020. The topological polar surface area (TPSA) is 26.3 Å². The van der Waals surface area contributed by atoms with Gasteiger partial charge >= 0.3 is 0 Å². The summed E-state index contributed by atoms with van der Waals surface area (Å²) in [6.45, 7) is 1.97. The number of hydrogen-bond donors (Lipinski definition) is 0. The van der Waals surface area contributed by atoms with E-state index in [1.165, 1.54) is 22.9 Å². The highest BCUT2D eigenvalue weighted by atomic mass is 32.2. The van der Waals surface area contributed by atoms with Crippen LogP contribution in [0.1, 0.15) is 27.0 Å². The Morgan fingerprint density at radius 1 is 0.897 bits per heavy atom. The van der Waals surface area contributed by atoms with Crippen LogP contribution in [0.3, 0.4) is 0 Å². The van der Waals surface area contributed by atoms with Crippen molar-refractivity contribution >= 4 is 29.3 Å². The predicted octanol–water partition coefficient (Wildman–Crippen LogP) is 6.61. The lowest BCUT2D eigenvalue weighted by Crippen LogP contribution is -2.32. The molecule has 0 bridgehead atoms. The van der Waals surface area contributed by atoms with Crippen molar-refractivity contribution in [3.63, 3.8) is 0 Å². The summed E-state index contributed by atoms with van der Waals surface area (Å²) in [5.41, 5.74) is 4.07. The molecule has 1 aliphatic heterocycles. The first-order chi connectivity index (χ1) is 14.2. The lowest BCUT2D eigenvalue weighted by Gasteiger charge is -2.26. The van der Waals surface area contributed by atoms with Gasteiger partial charge in [0, 0.05) is 22.6 Å². The van der Waals surface area contributed by atoms with Gasteiger partial charge in [-0.2, -0.15) is 0 Å². The number of hydrogen-bond acceptors (Lipinski definition) is 4. The van der Waals surface area contributed by atoms with Gasteiger partial charge in [0.25, 0.3) is 4.27 Å². The molecule has 29 heavy (non-hydrogen) atoms. The van der Waals surface area contributed by atoms with Crippen molar-refractivity contribution in [3.05, 3.63) is 118 Å². The highest BCUT2D eigenvalue weighted by Gasteiger charge is 2.46. The minimum absolute atomic E-state index is 0.0147. The third kappa shape index (κ3) is 4.60. The van der Waals surface area contributed by atoms with Gasteiger partial charge in [0.15, 0.2) is 0 Å². The fourth-order valence-corrected chi connectivity index (χ4v) is 5.83. The minimum Gasteiger partial charge on any atom is -0.466 e. The van der Waals surface area contributed by atoms with E-state index >= 15 is 0 Å².